The van der Waals surface area contributed by atoms with E-state index in [1.165, 1.54) is 12.1 Å². The highest BCUT2D eigenvalue weighted by Gasteiger charge is 2.26. The summed E-state index contributed by atoms with van der Waals surface area (Å²) in [7, 11) is 5.41. The highest BCUT2D eigenvalue weighted by atomic mass is 19.1. The van der Waals surface area contributed by atoms with Gasteiger partial charge in [0.1, 0.15) is 17.7 Å². The van der Waals surface area contributed by atoms with Crippen LogP contribution in [0.15, 0.2) is 60.8 Å². The predicted molar refractivity (Wildman–Crippen MR) is 134 cm³/mol. The van der Waals surface area contributed by atoms with E-state index >= 15 is 0 Å². The third-order valence-corrected chi connectivity index (χ3v) is 6.15. The van der Waals surface area contributed by atoms with E-state index in [1.54, 1.807) is 25.4 Å². The average molecular weight is 479 g/mol. The van der Waals surface area contributed by atoms with Crippen molar-refractivity contribution in [2.45, 2.75) is 19.1 Å². The van der Waals surface area contributed by atoms with Gasteiger partial charge in [-0.05, 0) is 49.0 Å². The fraction of sp³-hybridized carbons (Fsp3) is 0.333. The summed E-state index contributed by atoms with van der Waals surface area (Å²) < 4.78 is 25.2. The molecular formula is C27H31FN4O3. The first kappa shape index (κ1) is 24.5. The summed E-state index contributed by atoms with van der Waals surface area (Å²) in [6.07, 6.45) is 2.02. The number of methoxy groups -OCH3 is 1. The normalized spacial score (nSPS) is 14.3. The van der Waals surface area contributed by atoms with Gasteiger partial charge < -0.3 is 24.6 Å². The number of hydrogen-bond acceptors (Lipinski definition) is 6. The second-order valence-corrected chi connectivity index (χ2v) is 8.59. The van der Waals surface area contributed by atoms with Crippen LogP contribution in [-0.4, -0.2) is 56.6 Å². The number of rotatable bonds is 9. The number of nitrogens with zero attached hydrogens (tertiary/aromatic N) is 3. The predicted octanol–water partition coefficient (Wildman–Crippen LogP) is 4.05. The minimum absolute atomic E-state index is 0.0573. The number of amides is 1. The van der Waals surface area contributed by atoms with Gasteiger partial charge in [-0.15, -0.1) is 0 Å². The van der Waals surface area contributed by atoms with Crippen molar-refractivity contribution in [1.82, 2.24) is 15.2 Å². The van der Waals surface area contributed by atoms with Gasteiger partial charge in [-0.3, -0.25) is 4.79 Å². The zero-order chi connectivity index (χ0) is 24.8. The van der Waals surface area contributed by atoms with E-state index in [-0.39, 0.29) is 17.8 Å². The highest BCUT2D eigenvalue weighted by molar-refractivity contribution is 6.00. The lowest BCUT2D eigenvalue weighted by atomic mass is 10.1. The number of fused-ring (bicyclic) bond motifs is 1. The van der Waals surface area contributed by atoms with Gasteiger partial charge in [0.2, 0.25) is 5.88 Å². The fourth-order valence-electron chi connectivity index (χ4n) is 4.17. The molecule has 3 aromatic rings. The first-order chi connectivity index (χ1) is 17.0. The molecule has 7 nitrogen and oxygen atoms in total. The zero-order valence-electron chi connectivity index (χ0n) is 20.3. The summed E-state index contributed by atoms with van der Waals surface area (Å²) in [5.41, 5.74) is 3.18. The maximum atomic E-state index is 13.8. The summed E-state index contributed by atoms with van der Waals surface area (Å²) in [6.45, 7) is 2.52. The third-order valence-electron chi connectivity index (χ3n) is 6.15. The topological polar surface area (TPSA) is 66.9 Å². The van der Waals surface area contributed by atoms with Gasteiger partial charge in [0.15, 0.2) is 0 Å². The Morgan fingerprint density at radius 2 is 1.94 bits per heavy atom. The van der Waals surface area contributed by atoms with Crippen molar-refractivity contribution < 1.29 is 18.7 Å². The number of benzene rings is 2. The molecule has 0 aliphatic carbocycles. The molecule has 0 saturated carbocycles. The van der Waals surface area contributed by atoms with Crippen LogP contribution in [0.3, 0.4) is 0 Å². The molecule has 1 amide bonds. The average Bonchev–Trinajstić information content (AvgIpc) is 2.99. The van der Waals surface area contributed by atoms with Crippen molar-refractivity contribution in [2.75, 3.05) is 45.7 Å². The van der Waals surface area contributed by atoms with Crippen LogP contribution in [0.5, 0.6) is 11.6 Å². The molecular weight excluding hydrogens is 447 g/mol. The molecule has 4 rings (SSSR count). The van der Waals surface area contributed by atoms with E-state index in [4.69, 9.17) is 9.47 Å². The molecule has 1 unspecified atom stereocenters. The molecule has 1 N–H and O–H groups in total. The van der Waals surface area contributed by atoms with Gasteiger partial charge in [0.05, 0.1) is 18.4 Å². The Morgan fingerprint density at radius 1 is 1.14 bits per heavy atom. The van der Waals surface area contributed by atoms with Gasteiger partial charge in [-0.2, -0.15) is 0 Å². The quantitative estimate of drug-likeness (QED) is 0.501. The molecule has 184 valence electrons. The van der Waals surface area contributed by atoms with Crippen molar-refractivity contribution in [2.24, 2.45) is 0 Å². The fourth-order valence-corrected chi connectivity index (χ4v) is 4.17. The van der Waals surface area contributed by atoms with Gasteiger partial charge >= 0.3 is 0 Å². The first-order valence-electron chi connectivity index (χ1n) is 11.7. The van der Waals surface area contributed by atoms with Crippen LogP contribution in [0, 0.1) is 5.82 Å². The van der Waals surface area contributed by atoms with Crippen LogP contribution in [0.2, 0.25) is 0 Å². The molecule has 0 spiro atoms. The molecule has 35 heavy (non-hydrogen) atoms. The van der Waals surface area contributed by atoms with Gasteiger partial charge in [0.25, 0.3) is 5.91 Å². The Morgan fingerprint density at radius 3 is 2.66 bits per heavy atom. The Hall–Kier alpha value is -3.65. The van der Waals surface area contributed by atoms with Gasteiger partial charge in [-0.1, -0.05) is 24.3 Å². The summed E-state index contributed by atoms with van der Waals surface area (Å²) >= 11 is 0. The maximum absolute atomic E-state index is 13.8. The molecule has 1 aromatic heterocycles. The van der Waals surface area contributed by atoms with Crippen LogP contribution in [0.1, 0.15) is 34.0 Å². The second kappa shape index (κ2) is 11.2. The van der Waals surface area contributed by atoms with Crippen LogP contribution in [0.4, 0.5) is 10.1 Å². The number of aromatic nitrogens is 1. The minimum atomic E-state index is -0.279. The van der Waals surface area contributed by atoms with Crippen LogP contribution >= 0.6 is 0 Å². The first-order valence-corrected chi connectivity index (χ1v) is 11.7. The van der Waals surface area contributed by atoms with Crippen molar-refractivity contribution >= 4 is 11.6 Å². The number of carbonyl (C=O) groups is 1. The number of ether oxygens (including phenoxy) is 2. The van der Waals surface area contributed by atoms with Crippen LogP contribution in [-0.2, 0) is 6.54 Å². The van der Waals surface area contributed by atoms with Crippen LogP contribution < -0.4 is 19.7 Å². The largest absolute Gasteiger partial charge is 0.486 e. The smallest absolute Gasteiger partial charge is 0.257 e. The molecule has 0 saturated heterocycles. The maximum Gasteiger partial charge on any atom is 0.257 e. The van der Waals surface area contributed by atoms with E-state index < -0.39 is 0 Å². The lowest BCUT2D eigenvalue weighted by Crippen LogP contribution is -2.33. The lowest BCUT2D eigenvalue weighted by Gasteiger charge is -2.22. The number of likely N-dealkylation sites (N-methyl/N-ethyl adjacent to an activating group) is 1. The summed E-state index contributed by atoms with van der Waals surface area (Å²) in [4.78, 5) is 21.3. The minimum Gasteiger partial charge on any atom is -0.486 e. The van der Waals surface area contributed by atoms with E-state index in [1.807, 2.05) is 54.2 Å². The second-order valence-electron chi connectivity index (χ2n) is 8.59. The summed E-state index contributed by atoms with van der Waals surface area (Å²) in [6, 6.07) is 16.0. The number of halogens is 1. The van der Waals surface area contributed by atoms with Gasteiger partial charge in [-0.25, -0.2) is 9.37 Å². The molecule has 8 heteroatoms. The Kier molecular flexibility index (Phi) is 7.82. The van der Waals surface area contributed by atoms with Crippen molar-refractivity contribution in [3.63, 3.8) is 0 Å². The Labute approximate surface area is 205 Å². The van der Waals surface area contributed by atoms with Crippen molar-refractivity contribution in [3.8, 4) is 11.6 Å². The molecule has 1 aliphatic heterocycles. The number of hydrogen-bond donors (Lipinski definition) is 1. The SMILES string of the molecule is CNCCC(Oc1ccc(CN2CCN(C)c3cc(OC)ncc3C2=O)cc1)c1cccc(F)c1. The highest BCUT2D eigenvalue weighted by Crippen LogP contribution is 2.29. The zero-order valence-corrected chi connectivity index (χ0v) is 20.3. The van der Waals surface area contributed by atoms with E-state index in [0.29, 0.717) is 43.2 Å². The molecule has 1 aliphatic rings. The Bertz CT molecular complexity index is 1160. The number of pyridine rings is 1. The van der Waals surface area contributed by atoms with Gasteiger partial charge in [0, 0.05) is 45.4 Å². The number of anilines is 1. The molecule has 2 heterocycles. The molecule has 0 radical (unpaired) electrons. The lowest BCUT2D eigenvalue weighted by molar-refractivity contribution is 0.0754. The molecule has 0 fully saturated rings. The number of carbonyl (C=O) groups excluding carboxylic acids is 1. The van der Waals surface area contributed by atoms with E-state index in [2.05, 4.69) is 10.3 Å². The third kappa shape index (κ3) is 5.89. The number of nitrogens with one attached hydrogen (secondary N) is 1. The summed E-state index contributed by atoms with van der Waals surface area (Å²) in [5, 5.41) is 3.12. The van der Waals surface area contributed by atoms with E-state index in [0.717, 1.165) is 23.4 Å². The van der Waals surface area contributed by atoms with Crippen molar-refractivity contribution in [3.05, 3.63) is 83.3 Å². The van der Waals surface area contributed by atoms with E-state index in [9.17, 15) is 9.18 Å². The monoisotopic (exact) mass is 478 g/mol. The molecule has 0 bridgehead atoms. The Balaban J connectivity index is 1.47. The summed E-state index contributed by atoms with van der Waals surface area (Å²) in [5.74, 6) is 0.846. The molecule has 1 atom stereocenters. The van der Waals surface area contributed by atoms with Crippen LogP contribution in [0.25, 0.3) is 0 Å². The molecule has 2 aromatic carbocycles. The standard InChI is InChI=1S/C27H31FN4O3/c1-29-12-11-25(20-5-4-6-21(28)15-20)35-22-9-7-19(8-10-22)18-32-14-13-31(2)24-16-26(34-3)30-17-23(24)27(32)33/h4-10,15-17,25,29H,11-14,18H2,1-3H3. The van der Waals surface area contributed by atoms with Crippen molar-refractivity contribution in [1.29, 1.82) is 0 Å².